The van der Waals surface area contributed by atoms with Crippen molar-refractivity contribution in [1.82, 2.24) is 19.8 Å². The first-order valence-corrected chi connectivity index (χ1v) is 9.59. The summed E-state index contributed by atoms with van der Waals surface area (Å²) in [6.45, 7) is 3.65. The molecular formula is C18H24F3N5O. The first-order valence-electron chi connectivity index (χ1n) is 9.59. The number of alkyl halides is 3. The van der Waals surface area contributed by atoms with Crippen molar-refractivity contribution in [3.05, 3.63) is 18.0 Å². The van der Waals surface area contributed by atoms with Crippen LogP contribution in [-0.4, -0.2) is 45.1 Å². The molecule has 1 aliphatic carbocycles. The maximum atomic E-state index is 13.2. The van der Waals surface area contributed by atoms with Gasteiger partial charge in [-0.1, -0.05) is 6.92 Å². The zero-order chi connectivity index (χ0) is 19.0. The van der Waals surface area contributed by atoms with E-state index in [0.717, 1.165) is 49.6 Å². The molecule has 0 N–H and O–H groups in total. The summed E-state index contributed by atoms with van der Waals surface area (Å²) in [5, 5.41) is 11.2. The monoisotopic (exact) mass is 383 g/mol. The zero-order valence-electron chi connectivity index (χ0n) is 15.3. The maximum Gasteiger partial charge on any atom is 0.453 e. The van der Waals surface area contributed by atoms with E-state index in [1.807, 2.05) is 0 Å². The van der Waals surface area contributed by atoms with E-state index in [0.29, 0.717) is 18.3 Å². The van der Waals surface area contributed by atoms with E-state index in [9.17, 15) is 13.2 Å². The Balaban J connectivity index is 1.67. The van der Waals surface area contributed by atoms with Gasteiger partial charge < -0.3 is 9.64 Å². The van der Waals surface area contributed by atoms with Crippen LogP contribution in [0.25, 0.3) is 5.65 Å². The molecule has 0 aromatic carbocycles. The summed E-state index contributed by atoms with van der Waals surface area (Å²) < 4.78 is 46.2. The van der Waals surface area contributed by atoms with Gasteiger partial charge in [0, 0.05) is 19.2 Å². The Bertz CT molecular complexity index is 779. The van der Waals surface area contributed by atoms with Gasteiger partial charge in [0.05, 0.1) is 6.10 Å². The highest BCUT2D eigenvalue weighted by Gasteiger charge is 2.38. The number of hydrogen-bond acceptors (Lipinski definition) is 5. The number of hydrogen-bond donors (Lipinski definition) is 0. The Morgan fingerprint density at radius 2 is 1.93 bits per heavy atom. The Morgan fingerprint density at radius 1 is 1.15 bits per heavy atom. The minimum Gasteiger partial charge on any atom is -0.376 e. The standard InChI is InChI=1S/C18H24F3N5O/c1-12-4-6-13(7-5-12)25(11-14-3-2-10-27-14)16-9-8-15-22-23-17(18(19,20)21)26(15)24-16/h8-9,12-14H,2-7,10-11H2,1H3/t12?,13?,14-/m1/s1. The highest BCUT2D eigenvalue weighted by molar-refractivity contribution is 5.47. The lowest BCUT2D eigenvalue weighted by Crippen LogP contribution is -2.43. The Morgan fingerprint density at radius 3 is 2.59 bits per heavy atom. The molecule has 2 fully saturated rings. The number of anilines is 1. The van der Waals surface area contributed by atoms with Crippen molar-refractivity contribution in [1.29, 1.82) is 0 Å². The van der Waals surface area contributed by atoms with Crippen molar-refractivity contribution in [3.63, 3.8) is 0 Å². The van der Waals surface area contributed by atoms with Crippen molar-refractivity contribution in [2.75, 3.05) is 18.1 Å². The quantitative estimate of drug-likeness (QED) is 0.806. The fourth-order valence-corrected chi connectivity index (χ4v) is 4.10. The third-order valence-electron chi connectivity index (χ3n) is 5.65. The van der Waals surface area contributed by atoms with Crippen LogP contribution in [0.15, 0.2) is 12.1 Å². The van der Waals surface area contributed by atoms with Crippen molar-refractivity contribution in [2.24, 2.45) is 5.92 Å². The molecule has 1 atom stereocenters. The Hall–Kier alpha value is -1.90. The second kappa shape index (κ2) is 7.26. The van der Waals surface area contributed by atoms with Gasteiger partial charge in [0.15, 0.2) is 5.65 Å². The summed E-state index contributed by atoms with van der Waals surface area (Å²) in [6.07, 6.45) is 1.78. The lowest BCUT2D eigenvalue weighted by Gasteiger charge is -2.38. The van der Waals surface area contributed by atoms with Gasteiger partial charge in [-0.15, -0.1) is 15.3 Å². The lowest BCUT2D eigenvalue weighted by atomic mass is 9.86. The number of rotatable bonds is 4. The number of aromatic nitrogens is 4. The van der Waals surface area contributed by atoms with Crippen molar-refractivity contribution < 1.29 is 17.9 Å². The van der Waals surface area contributed by atoms with Crippen LogP contribution in [0.2, 0.25) is 0 Å². The van der Waals surface area contributed by atoms with Crippen molar-refractivity contribution in [3.8, 4) is 0 Å². The second-order valence-electron chi connectivity index (χ2n) is 7.68. The van der Waals surface area contributed by atoms with E-state index in [4.69, 9.17) is 4.74 Å². The molecule has 2 aliphatic rings. The summed E-state index contributed by atoms with van der Waals surface area (Å²) in [4.78, 5) is 2.14. The molecule has 0 radical (unpaired) electrons. The maximum absolute atomic E-state index is 13.2. The SMILES string of the molecule is CC1CCC(N(C[C@H]2CCCO2)c2ccc3nnc(C(F)(F)F)n3n2)CC1. The fraction of sp³-hybridized carbons (Fsp3) is 0.722. The molecule has 0 unspecified atom stereocenters. The van der Waals surface area contributed by atoms with E-state index in [2.05, 4.69) is 27.1 Å². The van der Waals surface area contributed by atoms with E-state index < -0.39 is 12.0 Å². The topological polar surface area (TPSA) is 55.5 Å². The minimum atomic E-state index is -4.59. The number of halogens is 3. The molecular weight excluding hydrogens is 359 g/mol. The van der Waals surface area contributed by atoms with Crippen LogP contribution < -0.4 is 4.90 Å². The van der Waals surface area contributed by atoms with Gasteiger partial charge in [0.1, 0.15) is 5.82 Å². The van der Waals surface area contributed by atoms with Crippen LogP contribution in [0.3, 0.4) is 0 Å². The normalized spacial score (nSPS) is 26.6. The highest BCUT2D eigenvalue weighted by atomic mass is 19.4. The summed E-state index contributed by atoms with van der Waals surface area (Å²) in [5.74, 6) is 0.132. The molecule has 9 heteroatoms. The number of ether oxygens (including phenoxy) is 1. The van der Waals surface area contributed by atoms with Crippen LogP contribution in [0.1, 0.15) is 51.3 Å². The average molecular weight is 383 g/mol. The van der Waals surface area contributed by atoms with Crippen LogP contribution in [0.5, 0.6) is 0 Å². The minimum absolute atomic E-state index is 0.0976. The van der Waals surface area contributed by atoms with Gasteiger partial charge in [0.25, 0.3) is 5.82 Å². The molecule has 148 valence electrons. The van der Waals surface area contributed by atoms with Gasteiger partial charge in [-0.3, -0.25) is 0 Å². The molecule has 2 aromatic heterocycles. The predicted molar refractivity (Wildman–Crippen MR) is 93.5 cm³/mol. The molecule has 0 bridgehead atoms. The average Bonchev–Trinajstić information content (AvgIpc) is 3.29. The van der Waals surface area contributed by atoms with E-state index >= 15 is 0 Å². The molecule has 27 heavy (non-hydrogen) atoms. The number of fused-ring (bicyclic) bond motifs is 1. The van der Waals surface area contributed by atoms with Crippen LogP contribution in [0, 0.1) is 5.92 Å². The molecule has 1 saturated carbocycles. The molecule has 2 aromatic rings. The largest absolute Gasteiger partial charge is 0.453 e. The van der Waals surface area contributed by atoms with E-state index in [-0.39, 0.29) is 17.8 Å². The van der Waals surface area contributed by atoms with Gasteiger partial charge >= 0.3 is 6.18 Å². The van der Waals surface area contributed by atoms with Gasteiger partial charge in [0.2, 0.25) is 0 Å². The van der Waals surface area contributed by atoms with Crippen molar-refractivity contribution >= 4 is 11.5 Å². The first kappa shape index (κ1) is 18.5. The molecule has 1 aliphatic heterocycles. The van der Waals surface area contributed by atoms with Crippen LogP contribution in [0.4, 0.5) is 19.0 Å². The number of nitrogens with zero attached hydrogens (tertiary/aromatic N) is 5. The summed E-state index contributed by atoms with van der Waals surface area (Å²) in [7, 11) is 0. The summed E-state index contributed by atoms with van der Waals surface area (Å²) in [6, 6.07) is 3.57. The molecule has 0 amide bonds. The highest BCUT2D eigenvalue weighted by Crippen LogP contribution is 2.32. The fourth-order valence-electron chi connectivity index (χ4n) is 4.10. The third kappa shape index (κ3) is 3.88. The van der Waals surface area contributed by atoms with E-state index in [1.54, 1.807) is 12.1 Å². The zero-order valence-corrected chi connectivity index (χ0v) is 15.3. The molecule has 4 rings (SSSR count). The summed E-state index contributed by atoms with van der Waals surface area (Å²) >= 11 is 0. The van der Waals surface area contributed by atoms with Crippen molar-refractivity contribution in [2.45, 2.75) is 63.8 Å². The van der Waals surface area contributed by atoms with E-state index in [1.165, 1.54) is 0 Å². The van der Waals surface area contributed by atoms with Gasteiger partial charge in [-0.25, -0.2) is 0 Å². The first-order chi connectivity index (χ1) is 12.9. The lowest BCUT2D eigenvalue weighted by molar-refractivity contribution is -0.146. The predicted octanol–water partition coefficient (Wildman–Crippen LogP) is 3.71. The third-order valence-corrected chi connectivity index (χ3v) is 5.65. The Labute approximate surface area is 155 Å². The second-order valence-corrected chi connectivity index (χ2v) is 7.68. The molecule has 6 nitrogen and oxygen atoms in total. The Kier molecular flexibility index (Phi) is 4.96. The van der Waals surface area contributed by atoms with Crippen LogP contribution >= 0.6 is 0 Å². The van der Waals surface area contributed by atoms with Gasteiger partial charge in [-0.05, 0) is 56.6 Å². The van der Waals surface area contributed by atoms with Crippen LogP contribution in [-0.2, 0) is 10.9 Å². The smallest absolute Gasteiger partial charge is 0.376 e. The van der Waals surface area contributed by atoms with Gasteiger partial charge in [-0.2, -0.15) is 17.7 Å². The molecule has 3 heterocycles. The molecule has 1 saturated heterocycles. The molecule has 0 spiro atoms. The summed E-state index contributed by atoms with van der Waals surface area (Å²) in [5.41, 5.74) is 0.0976.